The number of carbonyl (C=O) groups is 2. The molecule has 0 bridgehead atoms. The molecule has 0 radical (unpaired) electrons. The average Bonchev–Trinajstić information content (AvgIpc) is 3.04. The van der Waals surface area contributed by atoms with Gasteiger partial charge in [0.1, 0.15) is 19.0 Å². The largest absolute Gasteiger partial charge is 0.448 e. The van der Waals surface area contributed by atoms with Gasteiger partial charge in [-0.1, -0.05) is 0 Å². The van der Waals surface area contributed by atoms with E-state index in [9.17, 15) is 9.59 Å². The van der Waals surface area contributed by atoms with Gasteiger partial charge >= 0.3 is 6.09 Å². The van der Waals surface area contributed by atoms with E-state index in [4.69, 9.17) is 4.74 Å². The lowest BCUT2D eigenvalue weighted by molar-refractivity contribution is -0.116. The van der Waals surface area contributed by atoms with Crippen LogP contribution in [0.3, 0.4) is 0 Å². The lowest BCUT2D eigenvalue weighted by atomic mass is 10.4. The van der Waals surface area contributed by atoms with E-state index in [1.807, 2.05) is 25.3 Å². The molecule has 0 saturated carbocycles. The fourth-order valence-electron chi connectivity index (χ4n) is 2.52. The predicted octanol–water partition coefficient (Wildman–Crippen LogP) is 0.978. The third-order valence-corrected chi connectivity index (χ3v) is 3.81. The summed E-state index contributed by atoms with van der Waals surface area (Å²) in [7, 11) is 0. The summed E-state index contributed by atoms with van der Waals surface area (Å²) >= 11 is 0. The van der Waals surface area contributed by atoms with E-state index in [0.29, 0.717) is 24.8 Å². The van der Waals surface area contributed by atoms with Crippen LogP contribution in [0.5, 0.6) is 0 Å². The Morgan fingerprint density at radius 2 is 2.00 bits per heavy atom. The van der Waals surface area contributed by atoms with Crippen LogP contribution in [0.2, 0.25) is 0 Å². The summed E-state index contributed by atoms with van der Waals surface area (Å²) < 4.78 is 6.63. The maximum Gasteiger partial charge on any atom is 0.410 e. The van der Waals surface area contributed by atoms with Crippen molar-refractivity contribution >= 4 is 17.7 Å². The third-order valence-electron chi connectivity index (χ3n) is 3.81. The average molecular weight is 330 g/mol. The van der Waals surface area contributed by atoms with Crippen molar-refractivity contribution in [3.8, 4) is 5.95 Å². The fourth-order valence-corrected chi connectivity index (χ4v) is 2.52. The predicted molar refractivity (Wildman–Crippen MR) is 84.9 cm³/mol. The van der Waals surface area contributed by atoms with Crippen LogP contribution in [0.4, 0.5) is 10.5 Å². The maximum absolute atomic E-state index is 11.9. The Balaban J connectivity index is 1.68. The highest BCUT2D eigenvalue weighted by atomic mass is 16.6. The van der Waals surface area contributed by atoms with Gasteiger partial charge in [-0.2, -0.15) is 0 Å². The topological polar surface area (TPSA) is 102 Å². The van der Waals surface area contributed by atoms with Crippen molar-refractivity contribution in [2.45, 2.75) is 20.8 Å². The minimum atomic E-state index is -0.474. The van der Waals surface area contributed by atoms with Crippen LogP contribution in [0, 0.1) is 20.8 Å². The van der Waals surface area contributed by atoms with Crippen LogP contribution in [-0.2, 0) is 9.53 Å². The first-order valence-electron chi connectivity index (χ1n) is 7.52. The number of amides is 2. The number of nitrogens with one attached hydrogen (secondary N) is 1. The van der Waals surface area contributed by atoms with Crippen molar-refractivity contribution in [1.82, 2.24) is 24.4 Å². The lowest BCUT2D eigenvalue weighted by Gasteiger charge is -2.12. The first kappa shape index (κ1) is 15.9. The first-order valence-corrected chi connectivity index (χ1v) is 7.52. The van der Waals surface area contributed by atoms with Crippen LogP contribution in [0.15, 0.2) is 12.4 Å². The molecule has 3 rings (SSSR count). The Bertz CT molecular complexity index is 783. The number of anilines is 1. The highest BCUT2D eigenvalue weighted by molar-refractivity contribution is 5.93. The summed E-state index contributed by atoms with van der Waals surface area (Å²) in [5.41, 5.74) is 2.35. The van der Waals surface area contributed by atoms with Gasteiger partial charge in [0, 0.05) is 5.69 Å². The Kier molecular flexibility index (Phi) is 4.15. The molecule has 1 aliphatic rings. The van der Waals surface area contributed by atoms with Gasteiger partial charge in [0.25, 0.3) is 0 Å². The molecule has 24 heavy (non-hydrogen) atoms. The third kappa shape index (κ3) is 3.05. The van der Waals surface area contributed by atoms with Crippen LogP contribution in [0.1, 0.15) is 17.2 Å². The Morgan fingerprint density at radius 3 is 2.54 bits per heavy atom. The Morgan fingerprint density at radius 1 is 1.29 bits per heavy atom. The zero-order valence-electron chi connectivity index (χ0n) is 13.7. The number of aryl methyl sites for hydroxylation is 2. The number of imidazole rings is 1. The second-order valence-corrected chi connectivity index (χ2v) is 5.52. The number of aromatic nitrogens is 4. The van der Waals surface area contributed by atoms with E-state index in [1.165, 1.54) is 17.3 Å². The van der Waals surface area contributed by atoms with E-state index >= 15 is 0 Å². The summed E-state index contributed by atoms with van der Waals surface area (Å²) in [6, 6.07) is 0. The molecule has 0 unspecified atom stereocenters. The smallest absolute Gasteiger partial charge is 0.410 e. The summed E-state index contributed by atoms with van der Waals surface area (Å²) in [5, 5.41) is 2.66. The molecule has 2 aromatic rings. The van der Waals surface area contributed by atoms with Gasteiger partial charge in [-0.25, -0.2) is 19.7 Å². The van der Waals surface area contributed by atoms with Gasteiger partial charge in [-0.05, 0) is 20.8 Å². The summed E-state index contributed by atoms with van der Waals surface area (Å²) in [5.74, 6) is 0.970. The molecular formula is C15H18N6O3. The lowest BCUT2D eigenvalue weighted by Crippen LogP contribution is -2.33. The van der Waals surface area contributed by atoms with Crippen LogP contribution >= 0.6 is 0 Å². The zero-order valence-corrected chi connectivity index (χ0v) is 13.7. The van der Waals surface area contributed by atoms with Gasteiger partial charge in [-0.3, -0.25) is 14.3 Å². The first-order chi connectivity index (χ1) is 11.5. The standard InChI is InChI=1S/C15H18N6O3/c1-9-10(2)21(11(3)18-9)14-16-6-12(7-17-14)19-13(22)8-20-4-5-24-15(20)23/h6-7H,4-5,8H2,1-3H3,(H,19,22). The molecule has 9 nitrogen and oxygen atoms in total. The molecule has 1 N–H and O–H groups in total. The van der Waals surface area contributed by atoms with Crippen LogP contribution in [0.25, 0.3) is 5.95 Å². The summed E-state index contributed by atoms with van der Waals surface area (Å²) in [6.07, 6.45) is 2.58. The molecule has 3 heterocycles. The van der Waals surface area contributed by atoms with E-state index in [1.54, 1.807) is 0 Å². The van der Waals surface area contributed by atoms with E-state index in [0.717, 1.165) is 17.2 Å². The quantitative estimate of drug-likeness (QED) is 0.896. The molecule has 0 atom stereocenters. The van der Waals surface area contributed by atoms with E-state index in [-0.39, 0.29) is 12.5 Å². The van der Waals surface area contributed by atoms with Crippen molar-refractivity contribution in [2.24, 2.45) is 0 Å². The molecule has 0 aliphatic carbocycles. The number of carbonyl (C=O) groups excluding carboxylic acids is 2. The number of hydrogen-bond acceptors (Lipinski definition) is 6. The second-order valence-electron chi connectivity index (χ2n) is 5.52. The maximum atomic E-state index is 11.9. The van der Waals surface area contributed by atoms with Crippen molar-refractivity contribution < 1.29 is 14.3 Å². The monoisotopic (exact) mass is 330 g/mol. The van der Waals surface area contributed by atoms with Gasteiger partial charge in [0.05, 0.1) is 30.3 Å². The Labute approximate surface area is 138 Å². The van der Waals surface area contributed by atoms with Gasteiger partial charge < -0.3 is 10.1 Å². The molecule has 2 amide bonds. The molecule has 126 valence electrons. The number of hydrogen-bond donors (Lipinski definition) is 1. The summed E-state index contributed by atoms with van der Waals surface area (Å²) in [4.78, 5) is 37.5. The number of ether oxygens (including phenoxy) is 1. The fraction of sp³-hybridized carbons (Fsp3) is 0.400. The molecule has 0 aromatic carbocycles. The molecule has 1 aliphatic heterocycles. The van der Waals surface area contributed by atoms with Crippen molar-refractivity contribution in [3.05, 3.63) is 29.6 Å². The van der Waals surface area contributed by atoms with Crippen molar-refractivity contribution in [1.29, 1.82) is 0 Å². The molecule has 2 aromatic heterocycles. The van der Waals surface area contributed by atoms with Crippen molar-refractivity contribution in [3.63, 3.8) is 0 Å². The molecule has 1 fully saturated rings. The Hall–Kier alpha value is -2.97. The number of rotatable bonds is 4. The van der Waals surface area contributed by atoms with E-state index in [2.05, 4.69) is 20.3 Å². The summed E-state index contributed by atoms with van der Waals surface area (Å²) in [6.45, 7) is 6.43. The number of nitrogens with zero attached hydrogens (tertiary/aromatic N) is 5. The van der Waals surface area contributed by atoms with Crippen molar-refractivity contribution in [2.75, 3.05) is 25.0 Å². The molecular weight excluding hydrogens is 312 g/mol. The number of cyclic esters (lactones) is 1. The van der Waals surface area contributed by atoms with Gasteiger partial charge in [0.15, 0.2) is 0 Å². The second kappa shape index (κ2) is 6.26. The minimum Gasteiger partial charge on any atom is -0.448 e. The van der Waals surface area contributed by atoms with Gasteiger partial charge in [-0.15, -0.1) is 0 Å². The minimum absolute atomic E-state index is 0.0560. The van der Waals surface area contributed by atoms with Crippen LogP contribution < -0.4 is 5.32 Å². The highest BCUT2D eigenvalue weighted by Gasteiger charge is 2.24. The highest BCUT2D eigenvalue weighted by Crippen LogP contribution is 2.15. The molecule has 0 spiro atoms. The molecule has 9 heteroatoms. The van der Waals surface area contributed by atoms with Crippen LogP contribution in [-0.4, -0.2) is 56.1 Å². The SMILES string of the molecule is Cc1nc(C)n(-c2ncc(NC(=O)CN3CCOC3=O)cn2)c1C. The zero-order chi connectivity index (χ0) is 17.3. The molecule has 1 saturated heterocycles. The van der Waals surface area contributed by atoms with E-state index < -0.39 is 6.09 Å². The normalized spacial score (nSPS) is 14.0. The van der Waals surface area contributed by atoms with Gasteiger partial charge in [0.2, 0.25) is 11.9 Å².